The van der Waals surface area contributed by atoms with Gasteiger partial charge in [-0.2, -0.15) is 0 Å². The number of nitrogens with zero attached hydrogens (tertiary/aromatic N) is 5. The Labute approximate surface area is 207 Å². The lowest BCUT2D eigenvalue weighted by Crippen LogP contribution is -2.44. The molecular weight excluding hydrogens is 513 g/mol. The topological polar surface area (TPSA) is 70.4 Å². The molecule has 2 aromatic heterocycles. The zero-order chi connectivity index (χ0) is 21.5. The number of imidazole rings is 1. The lowest BCUT2D eigenvalue weighted by molar-refractivity contribution is 0.258. The van der Waals surface area contributed by atoms with Crippen molar-refractivity contribution in [2.24, 2.45) is 4.99 Å². The minimum atomic E-state index is 0. The number of aliphatic imine (C=N–C) groups is 1. The standard InChI is InChI=1S/C24H31N7.HI/c1-3-26-24(28-15-21-9-10-27-23(14-21)30-12-11-25-18-30)29-22-13-19(2)31(17-22)16-20-7-5-4-6-8-20;/h4-12,14,18-19,22H,3,13,15-17H2,1-2H3,(H2,26,28,29);1H. The van der Waals surface area contributed by atoms with Gasteiger partial charge in [0.1, 0.15) is 12.1 Å². The van der Waals surface area contributed by atoms with Crippen LogP contribution in [0.15, 0.2) is 72.4 Å². The molecule has 170 valence electrons. The normalized spacial score (nSPS) is 18.9. The quantitative estimate of drug-likeness (QED) is 0.270. The fourth-order valence-corrected chi connectivity index (χ4v) is 4.02. The fraction of sp³-hybridized carbons (Fsp3) is 0.375. The van der Waals surface area contributed by atoms with E-state index >= 15 is 0 Å². The van der Waals surface area contributed by atoms with Crippen molar-refractivity contribution in [1.82, 2.24) is 30.1 Å². The highest BCUT2D eigenvalue weighted by Gasteiger charge is 2.29. The van der Waals surface area contributed by atoms with E-state index in [0.717, 1.165) is 43.4 Å². The summed E-state index contributed by atoms with van der Waals surface area (Å²) in [7, 11) is 0. The second-order valence-electron chi connectivity index (χ2n) is 8.03. The number of aromatic nitrogens is 3. The molecule has 1 fully saturated rings. The number of nitrogens with one attached hydrogen (secondary N) is 2. The van der Waals surface area contributed by atoms with Crippen LogP contribution in [0.4, 0.5) is 0 Å². The maximum absolute atomic E-state index is 4.83. The molecule has 4 rings (SSSR count). The summed E-state index contributed by atoms with van der Waals surface area (Å²) in [6.45, 7) is 7.83. The molecule has 3 aromatic rings. The molecule has 1 saturated heterocycles. The van der Waals surface area contributed by atoms with E-state index in [9.17, 15) is 0 Å². The Balaban J connectivity index is 0.00000289. The van der Waals surface area contributed by atoms with Crippen LogP contribution in [0.2, 0.25) is 0 Å². The van der Waals surface area contributed by atoms with Crippen LogP contribution in [-0.4, -0.2) is 50.6 Å². The highest BCUT2D eigenvalue weighted by molar-refractivity contribution is 14.0. The van der Waals surface area contributed by atoms with E-state index in [1.54, 1.807) is 12.5 Å². The van der Waals surface area contributed by atoms with Crippen LogP contribution in [0.1, 0.15) is 31.4 Å². The Bertz CT molecular complexity index is 975. The Morgan fingerprint density at radius 3 is 2.75 bits per heavy atom. The number of guanidine groups is 1. The second kappa shape index (κ2) is 12.0. The molecule has 0 aliphatic carbocycles. The molecule has 0 saturated carbocycles. The Kier molecular flexibility index (Phi) is 9.04. The molecule has 1 aliphatic rings. The minimum absolute atomic E-state index is 0. The van der Waals surface area contributed by atoms with Gasteiger partial charge in [0.25, 0.3) is 0 Å². The van der Waals surface area contributed by atoms with Crippen molar-refractivity contribution < 1.29 is 0 Å². The van der Waals surface area contributed by atoms with Gasteiger partial charge < -0.3 is 10.6 Å². The summed E-state index contributed by atoms with van der Waals surface area (Å²) >= 11 is 0. The Hall–Kier alpha value is -2.46. The lowest BCUT2D eigenvalue weighted by Gasteiger charge is -2.21. The third-order valence-corrected chi connectivity index (χ3v) is 5.62. The van der Waals surface area contributed by atoms with Gasteiger partial charge in [0, 0.05) is 50.3 Å². The smallest absolute Gasteiger partial charge is 0.191 e. The molecule has 1 aliphatic heterocycles. The number of benzene rings is 1. The van der Waals surface area contributed by atoms with Crippen LogP contribution < -0.4 is 10.6 Å². The molecule has 0 radical (unpaired) electrons. The predicted octanol–water partition coefficient (Wildman–Crippen LogP) is 3.60. The van der Waals surface area contributed by atoms with E-state index in [1.807, 2.05) is 29.1 Å². The van der Waals surface area contributed by atoms with Crippen LogP contribution in [0.5, 0.6) is 0 Å². The van der Waals surface area contributed by atoms with Gasteiger partial charge in [-0.05, 0) is 43.5 Å². The molecule has 8 heteroatoms. The SMILES string of the molecule is CCNC(=NCc1ccnc(-n2ccnc2)c1)NC1CC(C)N(Cc2ccccc2)C1.I. The van der Waals surface area contributed by atoms with Gasteiger partial charge in [0.15, 0.2) is 5.96 Å². The molecule has 1 aromatic carbocycles. The predicted molar refractivity (Wildman–Crippen MR) is 139 cm³/mol. The average Bonchev–Trinajstić information content (AvgIpc) is 3.44. The van der Waals surface area contributed by atoms with Crippen molar-refractivity contribution in [3.05, 3.63) is 78.5 Å². The number of pyridine rings is 1. The summed E-state index contributed by atoms with van der Waals surface area (Å²) in [6, 6.07) is 15.7. The van der Waals surface area contributed by atoms with Crippen molar-refractivity contribution in [1.29, 1.82) is 0 Å². The van der Waals surface area contributed by atoms with Crippen LogP contribution in [0.3, 0.4) is 0 Å². The van der Waals surface area contributed by atoms with E-state index in [0.29, 0.717) is 18.6 Å². The van der Waals surface area contributed by atoms with Gasteiger partial charge in [0.2, 0.25) is 0 Å². The Morgan fingerprint density at radius 2 is 2.00 bits per heavy atom. The van der Waals surface area contributed by atoms with Crippen molar-refractivity contribution >= 4 is 29.9 Å². The van der Waals surface area contributed by atoms with Crippen LogP contribution >= 0.6 is 24.0 Å². The number of hydrogen-bond acceptors (Lipinski definition) is 4. The monoisotopic (exact) mass is 545 g/mol. The van der Waals surface area contributed by atoms with Gasteiger partial charge in [-0.15, -0.1) is 24.0 Å². The van der Waals surface area contributed by atoms with E-state index in [4.69, 9.17) is 4.99 Å². The molecule has 7 nitrogen and oxygen atoms in total. The number of hydrogen-bond donors (Lipinski definition) is 2. The summed E-state index contributed by atoms with van der Waals surface area (Å²) in [5.74, 6) is 1.71. The third kappa shape index (κ3) is 6.52. The summed E-state index contributed by atoms with van der Waals surface area (Å²) in [5, 5.41) is 7.03. The van der Waals surface area contributed by atoms with Crippen molar-refractivity contribution in [3.63, 3.8) is 0 Å². The molecular formula is C24H32IN7. The molecule has 3 heterocycles. The molecule has 32 heavy (non-hydrogen) atoms. The van der Waals surface area contributed by atoms with Gasteiger partial charge in [-0.1, -0.05) is 30.3 Å². The zero-order valence-electron chi connectivity index (χ0n) is 18.7. The first kappa shape index (κ1) is 24.2. The summed E-state index contributed by atoms with van der Waals surface area (Å²) in [5.41, 5.74) is 2.48. The van der Waals surface area contributed by atoms with Gasteiger partial charge in [0.05, 0.1) is 6.54 Å². The highest BCUT2D eigenvalue weighted by atomic mass is 127. The molecule has 0 amide bonds. The van der Waals surface area contributed by atoms with Crippen molar-refractivity contribution in [2.45, 2.75) is 45.4 Å². The highest BCUT2D eigenvalue weighted by Crippen LogP contribution is 2.20. The first-order chi connectivity index (χ1) is 15.2. The van der Waals surface area contributed by atoms with Gasteiger partial charge in [-0.3, -0.25) is 9.47 Å². The zero-order valence-corrected chi connectivity index (χ0v) is 21.0. The summed E-state index contributed by atoms with van der Waals surface area (Å²) < 4.78 is 1.90. The minimum Gasteiger partial charge on any atom is -0.357 e. The summed E-state index contributed by atoms with van der Waals surface area (Å²) in [4.78, 5) is 15.9. The van der Waals surface area contributed by atoms with Gasteiger partial charge in [-0.25, -0.2) is 15.0 Å². The largest absolute Gasteiger partial charge is 0.357 e. The van der Waals surface area contributed by atoms with Crippen molar-refractivity contribution in [3.8, 4) is 5.82 Å². The summed E-state index contributed by atoms with van der Waals surface area (Å²) in [6.07, 6.45) is 8.33. The third-order valence-electron chi connectivity index (χ3n) is 5.62. The number of halogens is 1. The van der Waals surface area contributed by atoms with E-state index in [-0.39, 0.29) is 24.0 Å². The molecule has 2 N–H and O–H groups in total. The van der Waals surface area contributed by atoms with Gasteiger partial charge >= 0.3 is 0 Å². The van der Waals surface area contributed by atoms with Crippen LogP contribution in [0.25, 0.3) is 5.82 Å². The van der Waals surface area contributed by atoms with E-state index < -0.39 is 0 Å². The van der Waals surface area contributed by atoms with Crippen LogP contribution in [-0.2, 0) is 13.1 Å². The fourth-order valence-electron chi connectivity index (χ4n) is 4.02. The Morgan fingerprint density at radius 1 is 1.16 bits per heavy atom. The number of rotatable bonds is 7. The average molecular weight is 545 g/mol. The lowest BCUT2D eigenvalue weighted by atomic mass is 10.2. The maximum Gasteiger partial charge on any atom is 0.191 e. The number of likely N-dealkylation sites (tertiary alicyclic amines) is 1. The second-order valence-corrected chi connectivity index (χ2v) is 8.03. The first-order valence-electron chi connectivity index (χ1n) is 11.0. The van der Waals surface area contributed by atoms with Crippen molar-refractivity contribution in [2.75, 3.05) is 13.1 Å². The van der Waals surface area contributed by atoms with E-state index in [1.165, 1.54) is 5.56 Å². The molecule has 2 unspecified atom stereocenters. The van der Waals surface area contributed by atoms with E-state index in [2.05, 4.69) is 69.7 Å². The maximum atomic E-state index is 4.83. The molecule has 0 spiro atoms. The molecule has 0 bridgehead atoms. The van der Waals surface area contributed by atoms with Crippen LogP contribution in [0, 0.1) is 0 Å². The molecule has 2 atom stereocenters. The first-order valence-corrected chi connectivity index (χ1v) is 11.0.